The zero-order valence-electron chi connectivity index (χ0n) is 15.7. The smallest absolute Gasteiger partial charge is 0.271 e. The number of nitrogens with zero attached hydrogens (tertiary/aromatic N) is 2. The number of halogens is 1. The zero-order chi connectivity index (χ0) is 21.8. The lowest BCUT2D eigenvalue weighted by Crippen LogP contribution is -2.37. The molecule has 0 bridgehead atoms. The van der Waals surface area contributed by atoms with Crippen LogP contribution in [0.2, 0.25) is 5.02 Å². The van der Waals surface area contributed by atoms with Gasteiger partial charge in [0.15, 0.2) is 0 Å². The highest BCUT2D eigenvalue weighted by molar-refractivity contribution is 7.92. The molecule has 2 aromatic carbocycles. The third-order valence-electron chi connectivity index (χ3n) is 3.77. The van der Waals surface area contributed by atoms with E-state index in [9.17, 15) is 23.3 Å². The van der Waals surface area contributed by atoms with Crippen LogP contribution in [0.4, 0.5) is 17.1 Å². The molecule has 0 aliphatic carbocycles. The van der Waals surface area contributed by atoms with Crippen LogP contribution in [0.25, 0.3) is 0 Å². The van der Waals surface area contributed by atoms with E-state index in [0.29, 0.717) is 15.1 Å². The normalized spacial score (nSPS) is 10.9. The molecular weight excluding hydrogens is 426 g/mol. The van der Waals surface area contributed by atoms with E-state index in [1.807, 2.05) is 0 Å². The van der Waals surface area contributed by atoms with Crippen molar-refractivity contribution in [1.29, 1.82) is 0 Å². The van der Waals surface area contributed by atoms with Gasteiger partial charge in [0, 0.05) is 17.2 Å². The van der Waals surface area contributed by atoms with E-state index in [4.69, 9.17) is 21.1 Å². The predicted molar refractivity (Wildman–Crippen MR) is 108 cm³/mol. The molecule has 0 aromatic heterocycles. The number of non-ortho nitro benzene ring substituents is 1. The summed E-state index contributed by atoms with van der Waals surface area (Å²) in [6, 6.07) is 7.98. The van der Waals surface area contributed by atoms with E-state index >= 15 is 0 Å². The molecule has 1 amide bonds. The van der Waals surface area contributed by atoms with Gasteiger partial charge in [-0.15, -0.1) is 0 Å². The maximum atomic E-state index is 12.6. The number of benzene rings is 2. The van der Waals surface area contributed by atoms with Gasteiger partial charge in [0.25, 0.3) is 5.69 Å². The van der Waals surface area contributed by atoms with Crippen LogP contribution in [-0.4, -0.2) is 46.3 Å². The number of carbonyl (C=O) groups excluding carboxylic acids is 1. The minimum absolute atomic E-state index is 0.0501. The summed E-state index contributed by atoms with van der Waals surface area (Å²) < 4.78 is 35.6. The Labute approximate surface area is 172 Å². The molecule has 0 saturated heterocycles. The first kappa shape index (κ1) is 22.2. The highest BCUT2D eigenvalue weighted by Gasteiger charge is 2.26. The van der Waals surface area contributed by atoms with Crippen LogP contribution in [0.1, 0.15) is 0 Å². The molecule has 2 aromatic rings. The Morgan fingerprint density at radius 1 is 1.17 bits per heavy atom. The van der Waals surface area contributed by atoms with E-state index in [-0.39, 0.29) is 22.8 Å². The number of amides is 1. The standard InChI is InChI=1S/C17H18ClN3O7S/c1-27-15-6-4-11(18)8-13(15)19-17(22)10-20(29(3,25)26)14-9-12(21(23)24)5-7-16(14)28-2/h4-9H,10H2,1-3H3,(H,19,22). The molecule has 0 heterocycles. The first-order chi connectivity index (χ1) is 13.6. The number of hydrogen-bond donors (Lipinski definition) is 1. The lowest BCUT2D eigenvalue weighted by molar-refractivity contribution is -0.384. The van der Waals surface area contributed by atoms with E-state index in [1.165, 1.54) is 38.5 Å². The molecule has 12 heteroatoms. The lowest BCUT2D eigenvalue weighted by atomic mass is 10.2. The minimum Gasteiger partial charge on any atom is -0.495 e. The molecule has 1 N–H and O–H groups in total. The van der Waals surface area contributed by atoms with Crippen molar-refractivity contribution in [2.24, 2.45) is 0 Å². The van der Waals surface area contributed by atoms with Crippen molar-refractivity contribution in [2.45, 2.75) is 0 Å². The second-order valence-electron chi connectivity index (χ2n) is 5.78. The topological polar surface area (TPSA) is 128 Å². The summed E-state index contributed by atoms with van der Waals surface area (Å²) >= 11 is 5.92. The molecule has 0 saturated carbocycles. The maximum Gasteiger partial charge on any atom is 0.271 e. The molecule has 0 unspecified atom stereocenters. The quantitative estimate of drug-likeness (QED) is 0.490. The van der Waals surface area contributed by atoms with Crippen LogP contribution in [0.5, 0.6) is 11.5 Å². The van der Waals surface area contributed by atoms with Crippen molar-refractivity contribution < 1.29 is 27.6 Å². The Morgan fingerprint density at radius 2 is 1.79 bits per heavy atom. The monoisotopic (exact) mass is 443 g/mol. The molecule has 2 rings (SSSR count). The number of nitro groups is 1. The summed E-state index contributed by atoms with van der Waals surface area (Å²) in [6.45, 7) is -0.661. The SMILES string of the molecule is COc1ccc(Cl)cc1NC(=O)CN(c1cc([N+](=O)[O-])ccc1OC)S(C)(=O)=O. The number of ether oxygens (including phenoxy) is 2. The summed E-state index contributed by atoms with van der Waals surface area (Å²) in [5.74, 6) is -0.347. The minimum atomic E-state index is -3.99. The highest BCUT2D eigenvalue weighted by atomic mass is 35.5. The van der Waals surface area contributed by atoms with Gasteiger partial charge in [-0.2, -0.15) is 0 Å². The average Bonchev–Trinajstić information content (AvgIpc) is 2.65. The van der Waals surface area contributed by atoms with Gasteiger partial charge in [0.2, 0.25) is 15.9 Å². The molecule has 0 atom stereocenters. The number of nitrogens with one attached hydrogen (secondary N) is 1. The fourth-order valence-corrected chi connectivity index (χ4v) is 3.49. The summed E-state index contributed by atoms with van der Waals surface area (Å²) in [4.78, 5) is 23.0. The van der Waals surface area contributed by atoms with Crippen LogP contribution in [0.15, 0.2) is 36.4 Å². The fourth-order valence-electron chi connectivity index (χ4n) is 2.47. The van der Waals surface area contributed by atoms with Gasteiger partial charge in [0.1, 0.15) is 23.7 Å². The highest BCUT2D eigenvalue weighted by Crippen LogP contribution is 2.34. The number of nitro benzene ring substituents is 1. The number of methoxy groups -OCH3 is 2. The van der Waals surface area contributed by atoms with E-state index in [0.717, 1.165) is 12.3 Å². The van der Waals surface area contributed by atoms with Gasteiger partial charge >= 0.3 is 0 Å². The van der Waals surface area contributed by atoms with Crippen LogP contribution < -0.4 is 19.1 Å². The number of anilines is 2. The molecule has 10 nitrogen and oxygen atoms in total. The third-order valence-corrected chi connectivity index (χ3v) is 5.13. The van der Waals surface area contributed by atoms with Crippen molar-refractivity contribution in [3.8, 4) is 11.5 Å². The van der Waals surface area contributed by atoms with E-state index < -0.39 is 27.4 Å². The molecular formula is C17H18ClN3O7S. The fraction of sp³-hybridized carbons (Fsp3) is 0.235. The number of rotatable bonds is 8. The Bertz CT molecular complexity index is 1040. The summed E-state index contributed by atoms with van der Waals surface area (Å²) in [6.07, 6.45) is 0.874. The molecule has 156 valence electrons. The molecule has 0 aliphatic heterocycles. The van der Waals surface area contributed by atoms with E-state index in [1.54, 1.807) is 6.07 Å². The van der Waals surface area contributed by atoms with Crippen LogP contribution in [-0.2, 0) is 14.8 Å². The second-order valence-corrected chi connectivity index (χ2v) is 8.12. The molecule has 0 radical (unpaired) electrons. The molecule has 0 spiro atoms. The van der Waals surface area contributed by atoms with Gasteiger partial charge in [0.05, 0.1) is 31.1 Å². The van der Waals surface area contributed by atoms with Crippen molar-refractivity contribution in [3.05, 3.63) is 51.5 Å². The van der Waals surface area contributed by atoms with Crippen LogP contribution >= 0.6 is 11.6 Å². The third kappa shape index (κ3) is 5.48. The summed E-state index contributed by atoms with van der Waals surface area (Å²) in [5, 5.41) is 13.9. The first-order valence-electron chi connectivity index (χ1n) is 8.00. The van der Waals surface area contributed by atoms with Crippen molar-refractivity contribution in [3.63, 3.8) is 0 Å². The largest absolute Gasteiger partial charge is 0.495 e. The van der Waals surface area contributed by atoms with Gasteiger partial charge in [-0.05, 0) is 24.3 Å². The van der Waals surface area contributed by atoms with Crippen LogP contribution in [0.3, 0.4) is 0 Å². The molecule has 29 heavy (non-hydrogen) atoms. The van der Waals surface area contributed by atoms with Gasteiger partial charge < -0.3 is 14.8 Å². The Morgan fingerprint density at radius 3 is 2.34 bits per heavy atom. The first-order valence-corrected chi connectivity index (χ1v) is 10.2. The molecule has 0 aliphatic rings. The van der Waals surface area contributed by atoms with Crippen LogP contribution in [0, 0.1) is 10.1 Å². The Balaban J connectivity index is 2.41. The second kappa shape index (κ2) is 8.97. The Hall–Kier alpha value is -3.05. The maximum absolute atomic E-state index is 12.6. The van der Waals surface area contributed by atoms with Crippen molar-refractivity contribution in [2.75, 3.05) is 36.6 Å². The zero-order valence-corrected chi connectivity index (χ0v) is 17.3. The summed E-state index contributed by atoms with van der Waals surface area (Å²) in [5.41, 5.74) is -0.256. The number of hydrogen-bond acceptors (Lipinski definition) is 7. The van der Waals surface area contributed by atoms with Gasteiger partial charge in [-0.3, -0.25) is 19.2 Å². The summed E-state index contributed by atoms with van der Waals surface area (Å²) in [7, 11) is -1.31. The van der Waals surface area contributed by atoms with Crippen molar-refractivity contribution in [1.82, 2.24) is 0 Å². The lowest BCUT2D eigenvalue weighted by Gasteiger charge is -2.23. The predicted octanol–water partition coefficient (Wildman–Crippen LogP) is 2.67. The Kier molecular flexibility index (Phi) is 6.88. The van der Waals surface area contributed by atoms with Gasteiger partial charge in [-0.25, -0.2) is 8.42 Å². The number of sulfonamides is 1. The molecule has 0 fully saturated rings. The van der Waals surface area contributed by atoms with Crippen molar-refractivity contribution >= 4 is 44.6 Å². The average molecular weight is 444 g/mol. The van der Waals surface area contributed by atoms with E-state index in [2.05, 4.69) is 5.32 Å². The number of carbonyl (C=O) groups is 1. The van der Waals surface area contributed by atoms with Gasteiger partial charge in [-0.1, -0.05) is 11.6 Å².